The van der Waals surface area contributed by atoms with Crippen molar-refractivity contribution in [2.75, 3.05) is 17.6 Å². The van der Waals surface area contributed by atoms with Crippen LogP contribution in [0.4, 0.5) is 5.69 Å². The number of nitrogens with one attached hydrogen (secondary N) is 1. The van der Waals surface area contributed by atoms with Gasteiger partial charge in [0.05, 0.1) is 0 Å². The van der Waals surface area contributed by atoms with Gasteiger partial charge in [-0.2, -0.15) is 0 Å². The number of carboxylic acid groups (broad SMARTS) is 1. The van der Waals surface area contributed by atoms with Crippen LogP contribution >= 0.6 is 11.8 Å². The van der Waals surface area contributed by atoms with Crippen molar-refractivity contribution in [2.24, 2.45) is 0 Å². The highest BCUT2D eigenvalue weighted by Crippen LogP contribution is 2.38. The largest absolute Gasteiger partial charge is 0.483 e. The quantitative estimate of drug-likeness (QED) is 0.321. The predicted octanol–water partition coefficient (Wildman–Crippen LogP) is 6.71. The van der Waals surface area contributed by atoms with Crippen LogP contribution in [0, 0.1) is 6.92 Å². The van der Waals surface area contributed by atoms with Gasteiger partial charge in [0, 0.05) is 22.7 Å². The molecule has 0 aliphatic heterocycles. The summed E-state index contributed by atoms with van der Waals surface area (Å²) in [7, 11) is 0. The molecule has 0 aromatic heterocycles. The van der Waals surface area contributed by atoms with Gasteiger partial charge in [-0.25, -0.2) is 0 Å². The van der Waals surface area contributed by atoms with Gasteiger partial charge < -0.3 is 10.4 Å². The van der Waals surface area contributed by atoms with Crippen molar-refractivity contribution in [3.63, 3.8) is 0 Å². The summed E-state index contributed by atoms with van der Waals surface area (Å²) >= 11 is 1.92. The first-order valence-corrected chi connectivity index (χ1v) is 10.3. The summed E-state index contributed by atoms with van der Waals surface area (Å²) in [6.45, 7) is 11.4. The molecule has 0 bridgehead atoms. The second-order valence-corrected chi connectivity index (χ2v) is 6.62. The number of anilines is 1. The van der Waals surface area contributed by atoms with Gasteiger partial charge in [0.25, 0.3) is 6.47 Å². The van der Waals surface area contributed by atoms with Crippen LogP contribution in [0.3, 0.4) is 0 Å². The molecule has 0 amide bonds. The van der Waals surface area contributed by atoms with E-state index in [4.69, 9.17) is 9.90 Å². The van der Waals surface area contributed by atoms with Crippen LogP contribution in [0.15, 0.2) is 47.4 Å². The molecule has 0 aliphatic rings. The first kappa shape index (κ1) is 24.1. The minimum atomic E-state index is -0.250. The van der Waals surface area contributed by atoms with E-state index in [1.54, 1.807) is 0 Å². The lowest BCUT2D eigenvalue weighted by Gasteiger charge is -2.17. The van der Waals surface area contributed by atoms with E-state index < -0.39 is 0 Å². The van der Waals surface area contributed by atoms with E-state index in [1.807, 2.05) is 25.6 Å². The lowest BCUT2D eigenvalue weighted by Crippen LogP contribution is -2.03. The summed E-state index contributed by atoms with van der Waals surface area (Å²) in [5.74, 6) is 1.09. The summed E-state index contributed by atoms with van der Waals surface area (Å²) in [5.41, 5.74) is 5.29. The van der Waals surface area contributed by atoms with Gasteiger partial charge in [0.2, 0.25) is 0 Å². The van der Waals surface area contributed by atoms with Crippen molar-refractivity contribution in [1.82, 2.24) is 0 Å². The van der Waals surface area contributed by atoms with Crippen LogP contribution < -0.4 is 5.32 Å². The molecule has 2 rings (SSSR count). The molecule has 0 heterocycles. The third-order valence-electron chi connectivity index (χ3n) is 3.59. The number of hydrogen-bond donors (Lipinski definition) is 2. The standard InChI is InChI=1S/C19H25NS.C2H6.CH2O2/c1-4-6-14-20-17-12-9-13-18(21-5-2)19(17)16-11-8-7-10-15(16)3;1-2;2-1-3/h7-13,20H,4-6,14H2,1-3H3;1-2H3;1H,(H,2,3). The van der Waals surface area contributed by atoms with Crippen LogP contribution in [0.5, 0.6) is 0 Å². The summed E-state index contributed by atoms with van der Waals surface area (Å²) in [5, 5.41) is 10.5. The Labute approximate surface area is 163 Å². The van der Waals surface area contributed by atoms with E-state index in [1.165, 1.54) is 40.1 Å². The van der Waals surface area contributed by atoms with Crippen molar-refractivity contribution in [3.8, 4) is 11.1 Å². The van der Waals surface area contributed by atoms with Gasteiger partial charge in [-0.1, -0.05) is 64.4 Å². The zero-order chi connectivity index (χ0) is 19.8. The Bertz CT molecular complexity index is 629. The van der Waals surface area contributed by atoms with E-state index in [9.17, 15) is 0 Å². The molecule has 0 atom stereocenters. The first-order chi connectivity index (χ1) is 12.7. The predicted molar refractivity (Wildman–Crippen MR) is 116 cm³/mol. The molecule has 26 heavy (non-hydrogen) atoms. The smallest absolute Gasteiger partial charge is 0.290 e. The molecule has 4 heteroatoms. The molecular weight excluding hydrogens is 342 g/mol. The maximum atomic E-state index is 8.36. The highest BCUT2D eigenvalue weighted by Gasteiger charge is 2.12. The first-order valence-electron chi connectivity index (χ1n) is 9.33. The van der Waals surface area contributed by atoms with Crippen molar-refractivity contribution >= 4 is 23.9 Å². The Hall–Kier alpha value is -1.94. The number of thioether (sulfide) groups is 1. The summed E-state index contributed by atoms with van der Waals surface area (Å²) in [6.07, 6.45) is 2.43. The highest BCUT2D eigenvalue weighted by molar-refractivity contribution is 7.99. The Morgan fingerprint density at radius 2 is 1.73 bits per heavy atom. The fourth-order valence-electron chi connectivity index (χ4n) is 2.49. The maximum absolute atomic E-state index is 8.36. The molecule has 0 radical (unpaired) electrons. The number of rotatable bonds is 7. The molecule has 2 aromatic carbocycles. The number of carbonyl (C=O) groups is 1. The number of aryl methyl sites for hydroxylation is 1. The lowest BCUT2D eigenvalue weighted by atomic mass is 9.99. The second kappa shape index (κ2) is 15.3. The molecule has 3 nitrogen and oxygen atoms in total. The third-order valence-corrected chi connectivity index (χ3v) is 4.53. The Kier molecular flexibility index (Phi) is 14.2. The topological polar surface area (TPSA) is 49.3 Å². The van der Waals surface area contributed by atoms with Crippen LogP contribution in [0.25, 0.3) is 11.1 Å². The lowest BCUT2D eigenvalue weighted by molar-refractivity contribution is -0.122. The fourth-order valence-corrected chi connectivity index (χ4v) is 3.34. The van der Waals surface area contributed by atoms with Gasteiger partial charge in [-0.3, -0.25) is 4.79 Å². The monoisotopic (exact) mass is 375 g/mol. The van der Waals surface area contributed by atoms with Gasteiger partial charge >= 0.3 is 0 Å². The number of hydrogen-bond acceptors (Lipinski definition) is 3. The van der Waals surface area contributed by atoms with E-state index in [0.29, 0.717) is 0 Å². The van der Waals surface area contributed by atoms with E-state index in [-0.39, 0.29) is 6.47 Å². The molecule has 0 unspecified atom stereocenters. The Balaban J connectivity index is 0.00000113. The van der Waals surface area contributed by atoms with Gasteiger partial charge in [0.1, 0.15) is 0 Å². The maximum Gasteiger partial charge on any atom is 0.290 e. The van der Waals surface area contributed by atoms with E-state index in [2.05, 4.69) is 68.6 Å². The van der Waals surface area contributed by atoms with Crippen molar-refractivity contribution in [1.29, 1.82) is 0 Å². The Morgan fingerprint density at radius 3 is 2.31 bits per heavy atom. The fraction of sp³-hybridized carbons (Fsp3) is 0.409. The molecule has 0 aliphatic carbocycles. The minimum Gasteiger partial charge on any atom is -0.483 e. The molecule has 0 saturated carbocycles. The highest BCUT2D eigenvalue weighted by atomic mass is 32.2. The average Bonchev–Trinajstić information content (AvgIpc) is 2.66. The van der Waals surface area contributed by atoms with Crippen LogP contribution in [-0.2, 0) is 4.79 Å². The Morgan fingerprint density at radius 1 is 1.08 bits per heavy atom. The SMILES string of the molecule is CC.CCCCNc1cccc(SCC)c1-c1ccccc1C.O=CO. The molecule has 2 aromatic rings. The zero-order valence-electron chi connectivity index (χ0n) is 16.7. The van der Waals surface area contributed by atoms with Crippen molar-refractivity contribution in [3.05, 3.63) is 48.0 Å². The average molecular weight is 376 g/mol. The molecule has 144 valence electrons. The summed E-state index contributed by atoms with van der Waals surface area (Å²) in [6, 6.07) is 15.3. The van der Waals surface area contributed by atoms with Crippen molar-refractivity contribution < 1.29 is 9.90 Å². The number of benzene rings is 2. The van der Waals surface area contributed by atoms with E-state index >= 15 is 0 Å². The van der Waals surface area contributed by atoms with Crippen LogP contribution in [0.1, 0.15) is 46.1 Å². The summed E-state index contributed by atoms with van der Waals surface area (Å²) < 4.78 is 0. The van der Waals surface area contributed by atoms with Crippen molar-refractivity contribution in [2.45, 2.75) is 52.4 Å². The zero-order valence-corrected chi connectivity index (χ0v) is 17.5. The summed E-state index contributed by atoms with van der Waals surface area (Å²) in [4.78, 5) is 9.73. The normalized spacial score (nSPS) is 9.27. The second-order valence-electron chi connectivity index (χ2n) is 5.31. The van der Waals surface area contributed by atoms with Crippen LogP contribution in [-0.4, -0.2) is 23.9 Å². The molecule has 2 N–H and O–H groups in total. The molecule has 0 saturated heterocycles. The molecular formula is C22H33NO2S. The molecule has 0 fully saturated rings. The van der Waals surface area contributed by atoms with Gasteiger partial charge in [-0.05, 0) is 42.4 Å². The van der Waals surface area contributed by atoms with Gasteiger partial charge in [0.15, 0.2) is 0 Å². The van der Waals surface area contributed by atoms with E-state index in [0.717, 1.165) is 12.3 Å². The molecule has 0 spiro atoms. The third kappa shape index (κ3) is 7.96. The number of unbranched alkanes of at least 4 members (excludes halogenated alkanes) is 1. The van der Waals surface area contributed by atoms with Gasteiger partial charge in [-0.15, -0.1) is 11.8 Å². The van der Waals surface area contributed by atoms with Crippen LogP contribution in [0.2, 0.25) is 0 Å². The minimum absolute atomic E-state index is 0.250.